The number of aryl methyl sites for hydroxylation is 2. The van der Waals surface area contributed by atoms with Crippen molar-refractivity contribution in [2.24, 2.45) is 0 Å². The first-order valence-corrected chi connectivity index (χ1v) is 3.31. The van der Waals surface area contributed by atoms with Crippen LogP contribution >= 0.6 is 0 Å². The number of furan rings is 1. The predicted molar refractivity (Wildman–Crippen MR) is 40.0 cm³/mol. The molecule has 0 aliphatic rings. The number of rotatable bonds is 0. The molecule has 0 unspecified atom stereocenters. The van der Waals surface area contributed by atoms with Crippen LogP contribution < -0.4 is 0 Å². The maximum atomic E-state index is 5.36. The molecule has 0 atom stereocenters. The van der Waals surface area contributed by atoms with E-state index in [4.69, 9.17) is 4.42 Å². The van der Waals surface area contributed by atoms with E-state index < -0.39 is 0 Å². The summed E-state index contributed by atoms with van der Waals surface area (Å²) >= 11 is 0. The molecule has 0 aromatic carbocycles. The number of hydrogen-bond acceptors (Lipinski definition) is 1. The Morgan fingerprint density at radius 3 is 2.80 bits per heavy atom. The maximum Gasteiger partial charge on any atom is 0.152 e. The fourth-order valence-electron chi connectivity index (χ4n) is 1.18. The molecule has 2 aromatic heterocycles. The van der Waals surface area contributed by atoms with Crippen LogP contribution in [0.25, 0.3) is 11.1 Å². The minimum atomic E-state index is 0.954. The van der Waals surface area contributed by atoms with Crippen LogP contribution in [0, 0.1) is 13.8 Å². The van der Waals surface area contributed by atoms with Gasteiger partial charge in [0.25, 0.3) is 0 Å². The highest BCUT2D eigenvalue weighted by molar-refractivity contribution is 5.74. The van der Waals surface area contributed by atoms with Gasteiger partial charge in [-0.1, -0.05) is 0 Å². The van der Waals surface area contributed by atoms with Gasteiger partial charge >= 0.3 is 0 Å². The molecule has 0 aliphatic heterocycles. The van der Waals surface area contributed by atoms with Crippen molar-refractivity contribution in [3.63, 3.8) is 0 Å². The van der Waals surface area contributed by atoms with E-state index in [0.29, 0.717) is 0 Å². The van der Waals surface area contributed by atoms with Crippen molar-refractivity contribution in [1.29, 1.82) is 0 Å². The summed E-state index contributed by atoms with van der Waals surface area (Å²) in [6, 6.07) is 4.00. The highest BCUT2D eigenvalue weighted by atomic mass is 16.3. The number of fused-ring (bicyclic) bond motifs is 1. The van der Waals surface area contributed by atoms with Crippen molar-refractivity contribution in [3.8, 4) is 0 Å². The van der Waals surface area contributed by atoms with Crippen LogP contribution in [0.5, 0.6) is 0 Å². The predicted octanol–water partition coefficient (Wildman–Crippen LogP) is 2.38. The fraction of sp³-hybridized carbons (Fsp3) is 0.250. The average molecular weight is 135 g/mol. The Morgan fingerprint density at radius 1 is 1.30 bits per heavy atom. The Kier molecular flexibility index (Phi) is 0.926. The van der Waals surface area contributed by atoms with Gasteiger partial charge in [0, 0.05) is 17.8 Å². The van der Waals surface area contributed by atoms with Crippen LogP contribution in [-0.2, 0) is 0 Å². The molecular formula is C8H9NO. The summed E-state index contributed by atoms with van der Waals surface area (Å²) in [7, 11) is 0. The molecule has 0 saturated heterocycles. The quantitative estimate of drug-likeness (QED) is 0.590. The average Bonchev–Trinajstić information content (AvgIpc) is 2.21. The third kappa shape index (κ3) is 0.652. The molecule has 2 heterocycles. The van der Waals surface area contributed by atoms with Gasteiger partial charge in [0.2, 0.25) is 0 Å². The smallest absolute Gasteiger partial charge is 0.152 e. The van der Waals surface area contributed by atoms with E-state index in [2.05, 4.69) is 4.98 Å². The van der Waals surface area contributed by atoms with Crippen molar-refractivity contribution in [3.05, 3.63) is 23.6 Å². The van der Waals surface area contributed by atoms with E-state index in [1.165, 1.54) is 0 Å². The number of hydrogen-bond donors (Lipinski definition) is 1. The number of H-pyrrole nitrogens is 1. The lowest BCUT2D eigenvalue weighted by Crippen LogP contribution is -1.64. The minimum absolute atomic E-state index is 0.954. The second kappa shape index (κ2) is 1.66. The molecule has 0 aliphatic carbocycles. The lowest BCUT2D eigenvalue weighted by atomic mass is 10.4. The Balaban J connectivity index is 2.83. The molecule has 1 N–H and O–H groups in total. The van der Waals surface area contributed by atoms with Crippen LogP contribution in [0.2, 0.25) is 0 Å². The molecule has 0 amide bonds. The van der Waals surface area contributed by atoms with Gasteiger partial charge in [-0.15, -0.1) is 0 Å². The molecule has 0 fully saturated rings. The van der Waals surface area contributed by atoms with E-state index in [0.717, 1.165) is 22.6 Å². The monoisotopic (exact) mass is 135 g/mol. The van der Waals surface area contributed by atoms with Gasteiger partial charge in [-0.05, 0) is 13.8 Å². The largest absolute Gasteiger partial charge is 0.460 e. The number of aromatic nitrogens is 1. The summed E-state index contributed by atoms with van der Waals surface area (Å²) in [5.41, 5.74) is 3.19. The van der Waals surface area contributed by atoms with Crippen molar-refractivity contribution in [2.45, 2.75) is 13.8 Å². The van der Waals surface area contributed by atoms with E-state index in [1.54, 1.807) is 0 Å². The zero-order valence-corrected chi connectivity index (χ0v) is 6.06. The first-order valence-electron chi connectivity index (χ1n) is 3.31. The van der Waals surface area contributed by atoms with Gasteiger partial charge in [-0.2, -0.15) is 0 Å². The second-order valence-electron chi connectivity index (χ2n) is 2.59. The molecule has 2 aromatic rings. The van der Waals surface area contributed by atoms with E-state index in [-0.39, 0.29) is 0 Å². The lowest BCUT2D eigenvalue weighted by molar-refractivity contribution is 0.579. The van der Waals surface area contributed by atoms with Gasteiger partial charge in [0.1, 0.15) is 5.76 Å². The number of nitrogens with one attached hydrogen (secondary N) is 1. The third-order valence-electron chi connectivity index (χ3n) is 1.56. The molecular weight excluding hydrogens is 126 g/mol. The SMILES string of the molecule is Cc1cc2oc(C)cc2[nH]1. The van der Waals surface area contributed by atoms with Crippen LogP contribution in [-0.4, -0.2) is 4.98 Å². The Hall–Kier alpha value is -1.18. The first kappa shape index (κ1) is 5.59. The van der Waals surface area contributed by atoms with Crippen molar-refractivity contribution in [2.75, 3.05) is 0 Å². The van der Waals surface area contributed by atoms with Gasteiger partial charge < -0.3 is 9.40 Å². The molecule has 2 rings (SSSR count). The molecule has 2 nitrogen and oxygen atoms in total. The van der Waals surface area contributed by atoms with E-state index in [1.807, 2.05) is 26.0 Å². The summed E-state index contributed by atoms with van der Waals surface area (Å²) < 4.78 is 5.36. The lowest BCUT2D eigenvalue weighted by Gasteiger charge is -1.77. The maximum absolute atomic E-state index is 5.36. The molecule has 2 heteroatoms. The summed E-state index contributed by atoms with van der Waals surface area (Å²) in [5, 5.41) is 0. The first-order chi connectivity index (χ1) is 4.75. The van der Waals surface area contributed by atoms with Gasteiger partial charge in [-0.25, -0.2) is 0 Å². The zero-order valence-electron chi connectivity index (χ0n) is 6.06. The summed E-state index contributed by atoms with van der Waals surface area (Å²) in [6.45, 7) is 3.97. The topological polar surface area (TPSA) is 28.9 Å². The Bertz CT molecular complexity index is 293. The number of aromatic amines is 1. The van der Waals surface area contributed by atoms with Crippen molar-refractivity contribution in [1.82, 2.24) is 4.98 Å². The van der Waals surface area contributed by atoms with Crippen molar-refractivity contribution < 1.29 is 4.42 Å². The molecule has 52 valence electrons. The minimum Gasteiger partial charge on any atom is -0.460 e. The highest BCUT2D eigenvalue weighted by Gasteiger charge is 2.00. The highest BCUT2D eigenvalue weighted by Crippen LogP contribution is 2.18. The molecule has 0 radical (unpaired) electrons. The zero-order chi connectivity index (χ0) is 7.14. The Morgan fingerprint density at radius 2 is 2.10 bits per heavy atom. The summed E-state index contributed by atoms with van der Waals surface area (Å²) in [4.78, 5) is 3.19. The van der Waals surface area contributed by atoms with Gasteiger partial charge in [0.15, 0.2) is 5.58 Å². The normalized spacial score (nSPS) is 11.0. The van der Waals surface area contributed by atoms with Crippen LogP contribution in [0.15, 0.2) is 16.5 Å². The van der Waals surface area contributed by atoms with Crippen molar-refractivity contribution >= 4 is 11.1 Å². The molecule has 0 saturated carbocycles. The summed E-state index contributed by atoms with van der Waals surface area (Å²) in [6.07, 6.45) is 0. The standard InChI is InChI=1S/C8H9NO/c1-5-3-8-7(9-5)4-6(2)10-8/h3-4,9H,1-2H3. The van der Waals surface area contributed by atoms with E-state index >= 15 is 0 Å². The molecule has 0 bridgehead atoms. The molecule has 10 heavy (non-hydrogen) atoms. The Labute approximate surface area is 58.8 Å². The van der Waals surface area contributed by atoms with Gasteiger partial charge in [-0.3, -0.25) is 0 Å². The third-order valence-corrected chi connectivity index (χ3v) is 1.56. The second-order valence-corrected chi connectivity index (χ2v) is 2.59. The van der Waals surface area contributed by atoms with E-state index in [9.17, 15) is 0 Å². The summed E-state index contributed by atoms with van der Waals surface area (Å²) in [5.74, 6) is 0.959. The molecule has 0 spiro atoms. The van der Waals surface area contributed by atoms with Gasteiger partial charge in [0.05, 0.1) is 5.52 Å². The van der Waals surface area contributed by atoms with Crippen LogP contribution in [0.1, 0.15) is 11.5 Å². The fourth-order valence-corrected chi connectivity index (χ4v) is 1.18. The van der Waals surface area contributed by atoms with Crippen LogP contribution in [0.4, 0.5) is 0 Å². The van der Waals surface area contributed by atoms with Crippen LogP contribution in [0.3, 0.4) is 0 Å².